The van der Waals surface area contributed by atoms with Gasteiger partial charge in [0.2, 0.25) is 0 Å². The second-order valence-corrected chi connectivity index (χ2v) is 9.23. The number of rotatable bonds is 11. The number of carbonyl (C=O) groups is 1. The minimum atomic E-state index is -0.458. The normalized spacial score (nSPS) is 11.2. The van der Waals surface area contributed by atoms with Crippen LogP contribution in [0.5, 0.6) is 5.75 Å². The van der Waals surface area contributed by atoms with Crippen LogP contribution in [-0.4, -0.2) is 44.2 Å². The zero-order valence-electron chi connectivity index (χ0n) is 20.7. The van der Waals surface area contributed by atoms with Crippen molar-refractivity contribution in [2.45, 2.75) is 12.1 Å². The number of nitro benzene ring substituents is 1. The Hall–Kier alpha value is -4.48. The minimum Gasteiger partial charge on any atom is -0.494 e. The van der Waals surface area contributed by atoms with E-state index in [1.807, 2.05) is 47.9 Å². The maximum Gasteiger partial charge on any atom is 0.276 e. The number of benzene rings is 3. The molecule has 0 aliphatic carbocycles. The third-order valence-corrected chi connectivity index (χ3v) is 6.41. The van der Waals surface area contributed by atoms with Crippen molar-refractivity contribution in [1.82, 2.24) is 20.2 Å². The van der Waals surface area contributed by atoms with Crippen molar-refractivity contribution in [2.24, 2.45) is 5.10 Å². The summed E-state index contributed by atoms with van der Waals surface area (Å²) in [5.41, 5.74) is 4.47. The van der Waals surface area contributed by atoms with E-state index < -0.39 is 4.92 Å². The molecule has 3 aromatic carbocycles. The van der Waals surface area contributed by atoms with E-state index in [0.29, 0.717) is 28.2 Å². The Morgan fingerprint density at radius 3 is 2.59 bits per heavy atom. The predicted octanol–water partition coefficient (Wildman–Crippen LogP) is 5.80. The summed E-state index contributed by atoms with van der Waals surface area (Å²) in [5.74, 6) is 1.01. The van der Waals surface area contributed by atoms with Crippen LogP contribution in [0.2, 0.25) is 5.02 Å². The fourth-order valence-corrected chi connectivity index (χ4v) is 4.37. The van der Waals surface area contributed by atoms with Gasteiger partial charge in [0.05, 0.1) is 22.8 Å². The summed E-state index contributed by atoms with van der Waals surface area (Å²) in [6.45, 7) is 2.48. The summed E-state index contributed by atoms with van der Waals surface area (Å²) < 4.78 is 7.41. The summed E-state index contributed by atoms with van der Waals surface area (Å²) in [5, 5.41) is 24.8. The van der Waals surface area contributed by atoms with Crippen LogP contribution >= 0.6 is 23.4 Å². The van der Waals surface area contributed by atoms with Crippen LogP contribution in [0.25, 0.3) is 23.2 Å². The number of nitro groups is 1. The average Bonchev–Trinajstić information content (AvgIpc) is 3.37. The highest BCUT2D eigenvalue weighted by molar-refractivity contribution is 7.99. The highest BCUT2D eigenvalue weighted by Gasteiger charge is 2.17. The van der Waals surface area contributed by atoms with E-state index in [4.69, 9.17) is 16.3 Å². The molecule has 0 aliphatic rings. The Kier molecular flexibility index (Phi) is 9.44. The molecule has 0 atom stereocenters. The number of hydrazone groups is 1. The molecular weight excluding hydrogens is 540 g/mol. The van der Waals surface area contributed by atoms with E-state index in [9.17, 15) is 14.9 Å². The van der Waals surface area contributed by atoms with Gasteiger partial charge < -0.3 is 4.74 Å². The lowest BCUT2D eigenvalue weighted by molar-refractivity contribution is -0.385. The van der Waals surface area contributed by atoms with E-state index in [0.717, 1.165) is 17.0 Å². The average molecular weight is 563 g/mol. The predicted molar refractivity (Wildman–Crippen MR) is 152 cm³/mol. The molecule has 39 heavy (non-hydrogen) atoms. The van der Waals surface area contributed by atoms with Gasteiger partial charge in [-0.25, -0.2) is 5.43 Å². The molecule has 0 saturated carbocycles. The molecular formula is C27H23ClN6O4S. The van der Waals surface area contributed by atoms with Gasteiger partial charge in [-0.2, -0.15) is 5.10 Å². The van der Waals surface area contributed by atoms with Gasteiger partial charge in [-0.15, -0.1) is 10.2 Å². The maximum absolute atomic E-state index is 12.4. The van der Waals surface area contributed by atoms with Crippen LogP contribution in [-0.2, 0) is 4.79 Å². The van der Waals surface area contributed by atoms with Crippen molar-refractivity contribution >= 4 is 47.2 Å². The molecule has 1 N–H and O–H groups in total. The van der Waals surface area contributed by atoms with Crippen molar-refractivity contribution in [3.8, 4) is 22.8 Å². The molecule has 0 unspecified atom stereocenters. The molecule has 4 rings (SSSR count). The number of amides is 1. The van der Waals surface area contributed by atoms with Gasteiger partial charge in [0.25, 0.3) is 11.6 Å². The van der Waals surface area contributed by atoms with Crippen molar-refractivity contribution in [3.05, 3.63) is 99.6 Å². The SMILES string of the molecule is CCOc1ccc(-n2c(SCC(=O)N/N=C/C=C/c3ccccc3[N+](=O)[O-])nnc2-c2ccc(Cl)cc2)cc1. The van der Waals surface area contributed by atoms with Gasteiger partial charge in [0, 0.05) is 28.6 Å². The monoisotopic (exact) mass is 562 g/mol. The molecule has 1 aromatic heterocycles. The molecule has 0 spiro atoms. The topological polar surface area (TPSA) is 125 Å². The fourth-order valence-electron chi connectivity index (χ4n) is 3.50. The largest absolute Gasteiger partial charge is 0.494 e. The van der Waals surface area contributed by atoms with Gasteiger partial charge in [0.15, 0.2) is 11.0 Å². The Morgan fingerprint density at radius 2 is 1.87 bits per heavy atom. The van der Waals surface area contributed by atoms with E-state index in [1.165, 1.54) is 30.1 Å². The molecule has 0 saturated heterocycles. The molecule has 1 amide bonds. The van der Waals surface area contributed by atoms with Gasteiger partial charge in [-0.1, -0.05) is 35.5 Å². The number of hydrogen-bond donors (Lipinski definition) is 1. The van der Waals surface area contributed by atoms with Crippen molar-refractivity contribution in [3.63, 3.8) is 0 Å². The number of halogens is 1. The zero-order valence-corrected chi connectivity index (χ0v) is 22.3. The van der Waals surface area contributed by atoms with Crippen LogP contribution in [0.1, 0.15) is 12.5 Å². The quantitative estimate of drug-likeness (QED) is 0.106. The van der Waals surface area contributed by atoms with Crippen LogP contribution in [0.15, 0.2) is 89.1 Å². The van der Waals surface area contributed by atoms with E-state index in [-0.39, 0.29) is 17.3 Å². The van der Waals surface area contributed by atoms with Gasteiger partial charge in [-0.3, -0.25) is 19.5 Å². The first-order valence-electron chi connectivity index (χ1n) is 11.8. The smallest absolute Gasteiger partial charge is 0.276 e. The molecule has 198 valence electrons. The molecule has 0 bridgehead atoms. The number of para-hydroxylation sites is 1. The van der Waals surface area contributed by atoms with Crippen LogP contribution in [0.4, 0.5) is 5.69 Å². The second kappa shape index (κ2) is 13.4. The van der Waals surface area contributed by atoms with Gasteiger partial charge in [-0.05, 0) is 73.7 Å². The minimum absolute atomic E-state index is 0.0165. The molecule has 10 nitrogen and oxygen atoms in total. The molecule has 1 heterocycles. The summed E-state index contributed by atoms with van der Waals surface area (Å²) in [4.78, 5) is 23.1. The van der Waals surface area contributed by atoms with Crippen LogP contribution in [0.3, 0.4) is 0 Å². The third kappa shape index (κ3) is 7.30. The maximum atomic E-state index is 12.4. The highest BCUT2D eigenvalue weighted by atomic mass is 35.5. The Labute approximate surface area is 233 Å². The lowest BCUT2D eigenvalue weighted by Gasteiger charge is -2.11. The van der Waals surface area contributed by atoms with Crippen LogP contribution in [0, 0.1) is 10.1 Å². The third-order valence-electron chi connectivity index (χ3n) is 5.23. The molecule has 0 aliphatic heterocycles. The Balaban J connectivity index is 1.45. The number of ether oxygens (including phenoxy) is 1. The van der Waals surface area contributed by atoms with E-state index in [1.54, 1.807) is 36.4 Å². The van der Waals surface area contributed by atoms with Crippen molar-refractivity contribution in [2.75, 3.05) is 12.4 Å². The fraction of sp³-hybridized carbons (Fsp3) is 0.111. The summed E-state index contributed by atoms with van der Waals surface area (Å²) in [7, 11) is 0. The number of aromatic nitrogens is 3. The van der Waals surface area contributed by atoms with Crippen molar-refractivity contribution < 1.29 is 14.5 Å². The number of carbonyl (C=O) groups excluding carboxylic acids is 1. The number of thioether (sulfide) groups is 1. The molecule has 0 fully saturated rings. The van der Waals surface area contributed by atoms with Crippen LogP contribution < -0.4 is 10.2 Å². The van der Waals surface area contributed by atoms with E-state index >= 15 is 0 Å². The first kappa shape index (κ1) is 27.6. The van der Waals surface area contributed by atoms with Gasteiger partial charge in [0.1, 0.15) is 5.75 Å². The lowest BCUT2D eigenvalue weighted by atomic mass is 10.2. The number of allylic oxidation sites excluding steroid dienone is 1. The molecule has 0 radical (unpaired) electrons. The zero-order chi connectivity index (χ0) is 27.6. The Bertz CT molecular complexity index is 1500. The molecule has 4 aromatic rings. The van der Waals surface area contributed by atoms with Crippen molar-refractivity contribution in [1.29, 1.82) is 0 Å². The number of hydrogen-bond acceptors (Lipinski definition) is 8. The summed E-state index contributed by atoms with van der Waals surface area (Å²) in [6, 6.07) is 21.1. The van der Waals surface area contributed by atoms with E-state index in [2.05, 4.69) is 20.7 Å². The first-order chi connectivity index (χ1) is 19.0. The number of nitrogens with one attached hydrogen (secondary N) is 1. The second-order valence-electron chi connectivity index (χ2n) is 7.85. The Morgan fingerprint density at radius 1 is 1.13 bits per heavy atom. The standard InChI is InChI=1S/C27H23ClN6O4S/c1-2-38-23-15-13-22(14-16-23)33-26(20-9-11-21(28)12-10-20)31-32-27(33)39-18-25(35)30-29-17-5-7-19-6-3-4-8-24(19)34(36)37/h3-17H,2,18H2,1H3,(H,30,35)/b7-5+,29-17+. The summed E-state index contributed by atoms with van der Waals surface area (Å²) >= 11 is 7.26. The van der Waals surface area contributed by atoms with Gasteiger partial charge >= 0.3 is 0 Å². The first-order valence-corrected chi connectivity index (χ1v) is 13.1. The number of nitrogens with zero attached hydrogens (tertiary/aromatic N) is 5. The highest BCUT2D eigenvalue weighted by Crippen LogP contribution is 2.29. The lowest BCUT2D eigenvalue weighted by Crippen LogP contribution is -2.19. The summed E-state index contributed by atoms with van der Waals surface area (Å²) in [6.07, 6.45) is 4.40. The molecule has 12 heteroatoms.